The monoisotopic (exact) mass is 432 g/mol. The molecule has 0 unspecified atom stereocenters. The Morgan fingerprint density at radius 1 is 1.21 bits per heavy atom. The zero-order valence-electron chi connectivity index (χ0n) is 17.9. The summed E-state index contributed by atoms with van der Waals surface area (Å²) in [5, 5.41) is 11.9. The molecular weight excluding hydrogens is 400 g/mol. The number of hydrogen-bond donors (Lipinski definition) is 2. The van der Waals surface area contributed by atoms with Crippen LogP contribution in [-0.4, -0.2) is 75.3 Å². The fraction of sp³-hybridized carbons (Fsp3) is 0.789. The SMILES string of the molecule is CCOC(=O)N[C@H](C(=O)N1CCC[C@H]1C(=O)O)C(C)(C)SCC(=O)OC(C)(C)C. The summed E-state index contributed by atoms with van der Waals surface area (Å²) in [6.07, 6.45) is 0.154. The highest BCUT2D eigenvalue weighted by atomic mass is 32.2. The molecule has 9 nitrogen and oxygen atoms in total. The van der Waals surface area contributed by atoms with Crippen molar-refractivity contribution in [2.45, 2.75) is 76.8 Å². The number of nitrogens with zero attached hydrogens (tertiary/aromatic N) is 1. The Bertz CT molecular complexity index is 631. The number of ether oxygens (including phenoxy) is 2. The third-order valence-electron chi connectivity index (χ3n) is 4.28. The quantitative estimate of drug-likeness (QED) is 0.559. The second kappa shape index (κ2) is 10.2. The molecule has 1 fully saturated rings. The number of amides is 2. The summed E-state index contributed by atoms with van der Waals surface area (Å²) in [7, 11) is 0. The van der Waals surface area contributed by atoms with Crippen molar-refractivity contribution >= 4 is 35.7 Å². The number of carboxylic acids is 1. The first-order chi connectivity index (χ1) is 13.3. The molecule has 166 valence electrons. The van der Waals surface area contributed by atoms with E-state index >= 15 is 0 Å². The van der Waals surface area contributed by atoms with Crippen LogP contribution in [0.25, 0.3) is 0 Å². The third kappa shape index (κ3) is 7.75. The molecule has 2 atom stereocenters. The number of carbonyl (C=O) groups is 4. The van der Waals surface area contributed by atoms with Crippen LogP contribution in [-0.2, 0) is 23.9 Å². The Morgan fingerprint density at radius 3 is 2.34 bits per heavy atom. The molecule has 1 aliphatic rings. The van der Waals surface area contributed by atoms with Crippen molar-refractivity contribution in [3.8, 4) is 0 Å². The van der Waals surface area contributed by atoms with Gasteiger partial charge in [-0.25, -0.2) is 9.59 Å². The van der Waals surface area contributed by atoms with Crippen LogP contribution in [0.4, 0.5) is 4.79 Å². The smallest absolute Gasteiger partial charge is 0.407 e. The normalized spacial score (nSPS) is 18.1. The first kappa shape index (κ1) is 25.1. The van der Waals surface area contributed by atoms with Crippen molar-refractivity contribution in [3.63, 3.8) is 0 Å². The van der Waals surface area contributed by atoms with Crippen molar-refractivity contribution in [1.82, 2.24) is 10.2 Å². The third-order valence-corrected chi connectivity index (χ3v) is 5.64. The van der Waals surface area contributed by atoms with Gasteiger partial charge in [-0.1, -0.05) is 0 Å². The standard InChI is InChI=1S/C19H32N2O7S/c1-7-27-17(26)20-14(15(23)21-10-8-9-12(21)16(24)25)19(5,6)29-11-13(22)28-18(2,3)4/h12,14H,7-11H2,1-6H3,(H,20,26)(H,24,25)/t12-,14+/m0/s1. The highest BCUT2D eigenvalue weighted by Crippen LogP contribution is 2.32. The number of thioether (sulfide) groups is 1. The predicted octanol–water partition coefficient (Wildman–Crippen LogP) is 2.03. The van der Waals surface area contributed by atoms with Crippen molar-refractivity contribution in [1.29, 1.82) is 0 Å². The molecule has 0 aliphatic carbocycles. The van der Waals surface area contributed by atoms with Gasteiger partial charge in [-0.2, -0.15) is 0 Å². The number of aliphatic carboxylic acids is 1. The molecule has 29 heavy (non-hydrogen) atoms. The summed E-state index contributed by atoms with van der Waals surface area (Å²) in [6.45, 7) is 10.8. The highest BCUT2D eigenvalue weighted by molar-refractivity contribution is 8.01. The number of likely N-dealkylation sites (tertiary alicyclic amines) is 1. The lowest BCUT2D eigenvalue weighted by Crippen LogP contribution is -2.59. The zero-order chi connectivity index (χ0) is 22.4. The van der Waals surface area contributed by atoms with Crippen LogP contribution in [0.2, 0.25) is 0 Å². The van der Waals surface area contributed by atoms with Crippen LogP contribution in [0.5, 0.6) is 0 Å². The Kier molecular flexibility index (Phi) is 8.80. The molecule has 2 N–H and O–H groups in total. The maximum absolute atomic E-state index is 13.2. The van der Waals surface area contributed by atoms with E-state index in [0.717, 1.165) is 11.8 Å². The summed E-state index contributed by atoms with van der Waals surface area (Å²) < 4.78 is 9.28. The average Bonchev–Trinajstić information content (AvgIpc) is 3.06. The number of hydrogen-bond acceptors (Lipinski definition) is 7. The van der Waals surface area contributed by atoms with Crippen molar-refractivity contribution < 1.29 is 33.8 Å². The maximum Gasteiger partial charge on any atom is 0.407 e. The van der Waals surface area contributed by atoms with Gasteiger partial charge < -0.3 is 24.8 Å². The van der Waals surface area contributed by atoms with Crippen LogP contribution in [0, 0.1) is 0 Å². The minimum atomic E-state index is -1.08. The first-order valence-corrected chi connectivity index (χ1v) is 10.6. The lowest BCUT2D eigenvalue weighted by Gasteiger charge is -2.36. The molecule has 0 radical (unpaired) electrons. The van der Waals surface area contributed by atoms with E-state index in [1.54, 1.807) is 41.5 Å². The van der Waals surface area contributed by atoms with E-state index in [9.17, 15) is 24.3 Å². The second-order valence-electron chi connectivity index (χ2n) is 8.30. The molecule has 10 heteroatoms. The molecule has 1 aliphatic heterocycles. The fourth-order valence-electron chi connectivity index (χ4n) is 2.98. The van der Waals surface area contributed by atoms with Gasteiger partial charge in [-0.3, -0.25) is 9.59 Å². The van der Waals surface area contributed by atoms with E-state index in [4.69, 9.17) is 9.47 Å². The minimum absolute atomic E-state index is 0.0269. The molecule has 1 saturated heterocycles. The van der Waals surface area contributed by atoms with Gasteiger partial charge >= 0.3 is 18.0 Å². The van der Waals surface area contributed by atoms with Crippen LogP contribution >= 0.6 is 11.8 Å². The van der Waals surface area contributed by atoms with Crippen LogP contribution < -0.4 is 5.32 Å². The fourth-order valence-corrected chi connectivity index (χ4v) is 3.85. The lowest BCUT2D eigenvalue weighted by molar-refractivity contribution is -0.151. The minimum Gasteiger partial charge on any atom is -0.480 e. The van der Waals surface area contributed by atoms with Crippen LogP contribution in [0.3, 0.4) is 0 Å². The summed E-state index contributed by atoms with van der Waals surface area (Å²) in [4.78, 5) is 50.1. The molecule has 0 aromatic heterocycles. The molecule has 2 amide bonds. The van der Waals surface area contributed by atoms with Gasteiger partial charge in [0.2, 0.25) is 5.91 Å². The summed E-state index contributed by atoms with van der Waals surface area (Å²) >= 11 is 1.15. The number of alkyl carbamates (subject to hydrolysis) is 1. The first-order valence-electron chi connectivity index (χ1n) is 9.61. The molecule has 0 aromatic rings. The molecule has 0 spiro atoms. The maximum atomic E-state index is 13.2. The topological polar surface area (TPSA) is 122 Å². The van der Waals surface area contributed by atoms with Gasteiger partial charge in [0.25, 0.3) is 0 Å². The van der Waals surface area contributed by atoms with Gasteiger partial charge in [0.1, 0.15) is 17.7 Å². The molecule has 0 saturated carbocycles. The van der Waals surface area contributed by atoms with Gasteiger partial charge in [0.05, 0.1) is 12.4 Å². The molecule has 0 bridgehead atoms. The van der Waals surface area contributed by atoms with Crippen LogP contribution in [0.1, 0.15) is 54.4 Å². The number of carbonyl (C=O) groups excluding carboxylic acids is 3. The summed E-state index contributed by atoms with van der Waals surface area (Å²) in [5.41, 5.74) is -0.634. The van der Waals surface area contributed by atoms with E-state index in [2.05, 4.69) is 5.32 Å². The Labute approximate surface area is 175 Å². The van der Waals surface area contributed by atoms with Gasteiger partial charge in [-0.15, -0.1) is 11.8 Å². The Morgan fingerprint density at radius 2 is 1.83 bits per heavy atom. The summed E-state index contributed by atoms with van der Waals surface area (Å²) in [6, 6.07) is -2.01. The van der Waals surface area contributed by atoms with Gasteiger partial charge in [-0.05, 0) is 54.4 Å². The molecular formula is C19H32N2O7S. The number of esters is 1. The predicted molar refractivity (Wildman–Crippen MR) is 109 cm³/mol. The van der Waals surface area contributed by atoms with Gasteiger partial charge in [0, 0.05) is 11.3 Å². The Balaban J connectivity index is 3.00. The second-order valence-corrected chi connectivity index (χ2v) is 9.93. The molecule has 1 heterocycles. The molecule has 0 aromatic carbocycles. The number of rotatable bonds is 8. The number of nitrogens with one attached hydrogen (secondary N) is 1. The Hall–Kier alpha value is -1.97. The highest BCUT2D eigenvalue weighted by Gasteiger charge is 2.44. The summed E-state index contributed by atoms with van der Waals surface area (Å²) in [5.74, 6) is -2.06. The van der Waals surface area contributed by atoms with E-state index in [0.29, 0.717) is 19.4 Å². The largest absolute Gasteiger partial charge is 0.480 e. The lowest BCUT2D eigenvalue weighted by atomic mass is 10.0. The molecule has 1 rings (SSSR count). The van der Waals surface area contributed by atoms with Crippen molar-refractivity contribution in [2.75, 3.05) is 18.9 Å². The average molecular weight is 433 g/mol. The zero-order valence-corrected chi connectivity index (χ0v) is 18.8. The van der Waals surface area contributed by atoms with E-state index < -0.39 is 46.4 Å². The van der Waals surface area contributed by atoms with E-state index in [-0.39, 0.29) is 12.4 Å². The van der Waals surface area contributed by atoms with Crippen molar-refractivity contribution in [3.05, 3.63) is 0 Å². The van der Waals surface area contributed by atoms with Crippen molar-refractivity contribution in [2.24, 2.45) is 0 Å². The van der Waals surface area contributed by atoms with E-state index in [1.807, 2.05) is 0 Å². The van der Waals surface area contributed by atoms with Crippen LogP contribution in [0.15, 0.2) is 0 Å². The number of carboxylic acid groups (broad SMARTS) is 1. The van der Waals surface area contributed by atoms with Gasteiger partial charge in [0.15, 0.2) is 0 Å². The van der Waals surface area contributed by atoms with E-state index in [1.165, 1.54) is 4.90 Å².